The molecule has 17 heavy (non-hydrogen) atoms. The average Bonchev–Trinajstić information content (AvgIpc) is 2.43. The molecule has 0 fully saturated rings. The fourth-order valence-electron chi connectivity index (χ4n) is 1.18. The molecular formula is C10H15ClN4O2. The number of oxime groups is 1. The first kappa shape index (κ1) is 13.5. The lowest BCUT2D eigenvalue weighted by Crippen LogP contribution is -2.29. The van der Waals surface area contributed by atoms with E-state index in [-0.39, 0.29) is 6.04 Å². The number of aryl methyl sites for hydroxylation is 2. The Morgan fingerprint density at radius 2 is 2.29 bits per heavy atom. The van der Waals surface area contributed by atoms with E-state index in [9.17, 15) is 4.79 Å². The van der Waals surface area contributed by atoms with Gasteiger partial charge in [-0.3, -0.25) is 9.52 Å². The van der Waals surface area contributed by atoms with Crippen molar-refractivity contribution in [2.45, 2.75) is 26.8 Å². The molecule has 94 valence electrons. The summed E-state index contributed by atoms with van der Waals surface area (Å²) in [7, 11) is 1.72. The molecule has 1 rings (SSSR count). The molecule has 6 nitrogen and oxygen atoms in total. The topological polar surface area (TPSA) is 68.5 Å². The zero-order valence-electron chi connectivity index (χ0n) is 10.2. The maximum Gasteiger partial charge on any atom is 0.433 e. The van der Waals surface area contributed by atoms with E-state index in [2.05, 4.69) is 20.4 Å². The Morgan fingerprint density at radius 1 is 1.65 bits per heavy atom. The number of nitrogens with one attached hydrogen (secondary N) is 1. The summed E-state index contributed by atoms with van der Waals surface area (Å²) in [6, 6.07) is 0.00131. The minimum atomic E-state index is -0.603. The Kier molecular flexibility index (Phi) is 4.51. The summed E-state index contributed by atoms with van der Waals surface area (Å²) in [5.74, 6) is 0. The summed E-state index contributed by atoms with van der Waals surface area (Å²) < 4.78 is 1.52. The van der Waals surface area contributed by atoms with Crippen LogP contribution in [0.1, 0.15) is 25.1 Å². The highest BCUT2D eigenvalue weighted by Crippen LogP contribution is 2.15. The zero-order chi connectivity index (χ0) is 13.0. The molecular weight excluding hydrogens is 244 g/mol. The van der Waals surface area contributed by atoms with Gasteiger partial charge < -0.3 is 5.32 Å². The summed E-state index contributed by atoms with van der Waals surface area (Å²) in [5.41, 5.74) is 1.35. The van der Waals surface area contributed by atoms with Crippen LogP contribution in [-0.2, 0) is 11.9 Å². The summed E-state index contributed by atoms with van der Waals surface area (Å²) in [4.78, 5) is 15.7. The highest BCUT2D eigenvalue weighted by atomic mass is 35.5. The lowest BCUT2D eigenvalue weighted by atomic mass is 10.3. The van der Waals surface area contributed by atoms with Gasteiger partial charge in [0, 0.05) is 13.1 Å². The van der Waals surface area contributed by atoms with Gasteiger partial charge in [0.15, 0.2) is 0 Å². The molecule has 0 atom stereocenters. The zero-order valence-corrected chi connectivity index (χ0v) is 10.9. The first-order valence-corrected chi connectivity index (χ1v) is 5.49. The van der Waals surface area contributed by atoms with Gasteiger partial charge in [-0.1, -0.05) is 16.8 Å². The highest BCUT2D eigenvalue weighted by molar-refractivity contribution is 6.32. The van der Waals surface area contributed by atoms with E-state index in [1.807, 2.05) is 13.8 Å². The molecule has 0 spiro atoms. The summed E-state index contributed by atoms with van der Waals surface area (Å²) in [5, 5.41) is 10.6. The van der Waals surface area contributed by atoms with Crippen LogP contribution in [0.4, 0.5) is 4.79 Å². The molecule has 1 heterocycles. The molecule has 0 bridgehead atoms. The third-order valence-corrected chi connectivity index (χ3v) is 2.37. The Balaban J connectivity index is 2.62. The average molecular weight is 259 g/mol. The predicted octanol–water partition coefficient (Wildman–Crippen LogP) is 1.85. The van der Waals surface area contributed by atoms with Crippen LogP contribution in [-0.4, -0.2) is 28.1 Å². The monoisotopic (exact) mass is 258 g/mol. The second kappa shape index (κ2) is 5.67. The van der Waals surface area contributed by atoms with Crippen LogP contribution in [0.15, 0.2) is 5.16 Å². The molecule has 0 unspecified atom stereocenters. The SMILES string of the molecule is Cc1nn(C)c(Cl)c1/C=N\OC(=O)NC(C)C. The smallest absolute Gasteiger partial charge is 0.317 e. The Hall–Kier alpha value is -1.56. The summed E-state index contributed by atoms with van der Waals surface area (Å²) in [6.45, 7) is 5.45. The van der Waals surface area contributed by atoms with Gasteiger partial charge in [-0.2, -0.15) is 5.10 Å². The van der Waals surface area contributed by atoms with Crippen molar-refractivity contribution in [3.05, 3.63) is 16.4 Å². The second-order valence-electron chi connectivity index (χ2n) is 3.83. The fraction of sp³-hybridized carbons (Fsp3) is 0.500. The molecule has 0 radical (unpaired) electrons. The number of carbonyl (C=O) groups excluding carboxylic acids is 1. The van der Waals surface area contributed by atoms with Crippen molar-refractivity contribution in [2.24, 2.45) is 12.2 Å². The molecule has 0 aromatic carbocycles. The van der Waals surface area contributed by atoms with Gasteiger partial charge in [-0.25, -0.2) is 4.79 Å². The number of amides is 1. The van der Waals surface area contributed by atoms with Gasteiger partial charge in [-0.15, -0.1) is 0 Å². The summed E-state index contributed by atoms with van der Waals surface area (Å²) in [6.07, 6.45) is 0.763. The van der Waals surface area contributed by atoms with Crippen molar-refractivity contribution in [1.29, 1.82) is 0 Å². The quantitative estimate of drug-likeness (QED) is 0.511. The molecule has 0 saturated carbocycles. The summed E-state index contributed by atoms with van der Waals surface area (Å²) >= 11 is 5.97. The highest BCUT2D eigenvalue weighted by Gasteiger charge is 2.09. The van der Waals surface area contributed by atoms with Crippen LogP contribution in [0.5, 0.6) is 0 Å². The van der Waals surface area contributed by atoms with Gasteiger partial charge in [0.2, 0.25) is 0 Å². The number of nitrogens with zero attached hydrogens (tertiary/aromatic N) is 3. The minimum Gasteiger partial charge on any atom is -0.317 e. The number of halogens is 1. The van der Waals surface area contributed by atoms with Crippen LogP contribution in [0.3, 0.4) is 0 Å². The third-order valence-electron chi connectivity index (χ3n) is 1.92. The van der Waals surface area contributed by atoms with Crippen LogP contribution in [0, 0.1) is 6.92 Å². The second-order valence-corrected chi connectivity index (χ2v) is 4.18. The van der Waals surface area contributed by atoms with E-state index < -0.39 is 6.09 Å². The van der Waals surface area contributed by atoms with Gasteiger partial charge in [0.25, 0.3) is 0 Å². The third kappa shape index (κ3) is 3.74. The van der Waals surface area contributed by atoms with E-state index in [1.54, 1.807) is 14.0 Å². The molecule has 1 N–H and O–H groups in total. The van der Waals surface area contributed by atoms with Crippen LogP contribution in [0.25, 0.3) is 0 Å². The number of rotatable bonds is 3. The van der Waals surface area contributed by atoms with Crippen molar-refractivity contribution in [2.75, 3.05) is 0 Å². The predicted molar refractivity (Wildman–Crippen MR) is 65.3 cm³/mol. The van der Waals surface area contributed by atoms with Crippen LogP contribution >= 0.6 is 11.6 Å². The van der Waals surface area contributed by atoms with E-state index in [0.29, 0.717) is 16.4 Å². The number of aromatic nitrogens is 2. The van der Waals surface area contributed by atoms with E-state index in [1.165, 1.54) is 10.9 Å². The molecule has 0 aliphatic heterocycles. The van der Waals surface area contributed by atoms with E-state index in [4.69, 9.17) is 11.6 Å². The Bertz CT molecular complexity index is 440. The lowest BCUT2D eigenvalue weighted by molar-refractivity contribution is 0.149. The first-order chi connectivity index (χ1) is 7.91. The van der Waals surface area contributed by atoms with Crippen molar-refractivity contribution in [3.63, 3.8) is 0 Å². The standard InChI is InChI=1S/C10H15ClN4O2/c1-6(2)13-10(16)17-12-5-8-7(3)14-15(4)9(8)11/h5-6H,1-4H3,(H,13,16)/b12-5-. The number of hydrogen-bond donors (Lipinski definition) is 1. The Morgan fingerprint density at radius 3 is 2.76 bits per heavy atom. The number of carbonyl (C=O) groups is 1. The molecule has 0 aliphatic rings. The Labute approximate surface area is 105 Å². The molecule has 1 aromatic heterocycles. The largest absolute Gasteiger partial charge is 0.433 e. The molecule has 1 amide bonds. The van der Waals surface area contributed by atoms with Crippen LogP contribution < -0.4 is 5.32 Å². The molecule has 7 heteroatoms. The molecule has 0 saturated heterocycles. The minimum absolute atomic E-state index is 0.00131. The molecule has 0 aliphatic carbocycles. The maximum atomic E-state index is 11.1. The van der Waals surface area contributed by atoms with Crippen LogP contribution in [0.2, 0.25) is 5.15 Å². The normalized spacial score (nSPS) is 11.2. The van der Waals surface area contributed by atoms with Gasteiger partial charge >= 0.3 is 6.09 Å². The van der Waals surface area contributed by atoms with Crippen molar-refractivity contribution >= 4 is 23.9 Å². The first-order valence-electron chi connectivity index (χ1n) is 5.11. The van der Waals surface area contributed by atoms with Crippen molar-refractivity contribution in [1.82, 2.24) is 15.1 Å². The maximum absolute atomic E-state index is 11.1. The van der Waals surface area contributed by atoms with Crippen molar-refractivity contribution in [3.8, 4) is 0 Å². The van der Waals surface area contributed by atoms with E-state index >= 15 is 0 Å². The van der Waals surface area contributed by atoms with Gasteiger partial charge in [0.05, 0.1) is 17.5 Å². The van der Waals surface area contributed by atoms with Crippen molar-refractivity contribution < 1.29 is 9.63 Å². The van der Waals surface area contributed by atoms with Gasteiger partial charge in [0.1, 0.15) is 5.15 Å². The van der Waals surface area contributed by atoms with Gasteiger partial charge in [-0.05, 0) is 20.8 Å². The lowest BCUT2D eigenvalue weighted by Gasteiger charge is -2.04. The number of hydrogen-bond acceptors (Lipinski definition) is 4. The fourth-order valence-corrected chi connectivity index (χ4v) is 1.41. The molecule has 1 aromatic rings. The van der Waals surface area contributed by atoms with E-state index in [0.717, 1.165) is 0 Å².